The van der Waals surface area contributed by atoms with Crippen molar-refractivity contribution >= 4 is 52.6 Å². The average Bonchev–Trinajstić information content (AvgIpc) is 3.13. The number of fused-ring (bicyclic) bond motifs is 1. The minimum absolute atomic E-state index is 0.0202. The number of ketones is 1. The Morgan fingerprint density at radius 3 is 2.24 bits per heavy atom. The topological polar surface area (TPSA) is 128 Å². The number of Topliss-reactive ketones (excluding diaryl/α,β-unsaturated/α-hetero) is 1. The van der Waals surface area contributed by atoms with Gasteiger partial charge in [0.2, 0.25) is 0 Å². The summed E-state index contributed by atoms with van der Waals surface area (Å²) < 4.78 is 6.26. The molecule has 270 valence electrons. The standard InChI is InChI=1S/C39H51N3O6S2/c1-6-9-20-39(21-10-7-2)25-42(28-14-12-11-13-15-28)31-22-34(49-5)32(23-33(31)50-39)48-24-35(44)41-36(27-16-18-29(43)19-17-27)37(45)26(4)40-30(8-3)38(46)47/h11-19,22-23,26,30,36,40,43H,6-10,20-21,24-25H2,1-5H3,(H,41,44)(H,46,47). The summed E-state index contributed by atoms with van der Waals surface area (Å²) in [6.07, 6.45) is 9.02. The van der Waals surface area contributed by atoms with E-state index in [1.165, 1.54) is 12.1 Å². The summed E-state index contributed by atoms with van der Waals surface area (Å²) in [4.78, 5) is 43.2. The zero-order chi connectivity index (χ0) is 36.3. The number of carboxylic acid groups (broad SMARTS) is 1. The molecule has 1 aliphatic rings. The number of aliphatic carboxylic acids is 1. The van der Waals surface area contributed by atoms with Gasteiger partial charge in [0.15, 0.2) is 12.4 Å². The van der Waals surface area contributed by atoms with E-state index in [1.807, 2.05) is 24.1 Å². The predicted octanol–water partition coefficient (Wildman–Crippen LogP) is 8.12. The van der Waals surface area contributed by atoms with Crippen LogP contribution in [0.5, 0.6) is 11.5 Å². The summed E-state index contributed by atoms with van der Waals surface area (Å²) in [6.45, 7) is 8.36. The Labute approximate surface area is 304 Å². The van der Waals surface area contributed by atoms with Crippen molar-refractivity contribution in [2.24, 2.45) is 0 Å². The van der Waals surface area contributed by atoms with Crippen LogP contribution in [-0.4, -0.2) is 64.1 Å². The fourth-order valence-corrected chi connectivity index (χ4v) is 8.43. The van der Waals surface area contributed by atoms with Crippen molar-refractivity contribution in [2.75, 3.05) is 24.3 Å². The second-order valence-corrected chi connectivity index (χ2v) is 15.2. The van der Waals surface area contributed by atoms with Crippen LogP contribution in [0.4, 0.5) is 11.4 Å². The van der Waals surface area contributed by atoms with E-state index in [4.69, 9.17) is 4.74 Å². The van der Waals surface area contributed by atoms with E-state index in [0.29, 0.717) is 11.3 Å². The average molecular weight is 722 g/mol. The number of hydrogen-bond acceptors (Lipinski definition) is 9. The number of benzene rings is 3. The lowest BCUT2D eigenvalue weighted by Gasteiger charge is -2.45. The summed E-state index contributed by atoms with van der Waals surface area (Å²) in [5.41, 5.74) is 2.73. The number of nitrogens with zero attached hydrogens (tertiary/aromatic N) is 1. The number of amides is 1. The molecule has 50 heavy (non-hydrogen) atoms. The second-order valence-electron chi connectivity index (χ2n) is 12.9. The largest absolute Gasteiger partial charge is 0.508 e. The molecule has 3 atom stereocenters. The summed E-state index contributed by atoms with van der Waals surface area (Å²) >= 11 is 3.48. The molecule has 0 fully saturated rings. The molecule has 1 aliphatic heterocycles. The minimum Gasteiger partial charge on any atom is -0.508 e. The van der Waals surface area contributed by atoms with Crippen LogP contribution in [0.25, 0.3) is 0 Å². The molecule has 11 heteroatoms. The molecule has 3 unspecified atom stereocenters. The number of hydrogen-bond donors (Lipinski definition) is 4. The molecule has 1 heterocycles. The third-order valence-corrected chi connectivity index (χ3v) is 11.4. The van der Waals surface area contributed by atoms with Crippen LogP contribution in [0.1, 0.15) is 84.2 Å². The minimum atomic E-state index is -1.09. The molecule has 1 amide bonds. The molecule has 0 aromatic heterocycles. The van der Waals surface area contributed by atoms with Gasteiger partial charge in [-0.25, -0.2) is 0 Å². The number of nitrogens with one attached hydrogen (secondary N) is 2. The molecule has 0 saturated carbocycles. The van der Waals surface area contributed by atoms with E-state index in [-0.39, 0.29) is 23.5 Å². The fraction of sp³-hybridized carbons (Fsp3) is 0.462. The van der Waals surface area contributed by atoms with Gasteiger partial charge in [0.1, 0.15) is 23.6 Å². The normalized spacial score (nSPS) is 15.4. The van der Waals surface area contributed by atoms with Gasteiger partial charge < -0.3 is 25.2 Å². The quantitative estimate of drug-likeness (QED) is 0.0902. The zero-order valence-corrected chi connectivity index (χ0v) is 31.4. The zero-order valence-electron chi connectivity index (χ0n) is 29.7. The highest BCUT2D eigenvalue weighted by Crippen LogP contribution is 2.53. The Hall–Kier alpha value is -3.67. The highest BCUT2D eigenvalue weighted by Gasteiger charge is 2.39. The van der Waals surface area contributed by atoms with Crippen molar-refractivity contribution in [1.29, 1.82) is 0 Å². The molecule has 0 radical (unpaired) electrons. The second kappa shape index (κ2) is 18.5. The molecular formula is C39H51N3O6S2. The first-order chi connectivity index (χ1) is 24.0. The summed E-state index contributed by atoms with van der Waals surface area (Å²) in [7, 11) is 0. The number of phenols is 1. The number of phenolic OH excluding ortho intramolecular Hbond substituents is 1. The van der Waals surface area contributed by atoms with E-state index < -0.39 is 35.8 Å². The van der Waals surface area contributed by atoms with Gasteiger partial charge in [-0.2, -0.15) is 0 Å². The van der Waals surface area contributed by atoms with Gasteiger partial charge in [-0.15, -0.1) is 23.5 Å². The molecule has 3 aromatic carbocycles. The number of carbonyl (C=O) groups excluding carboxylic acids is 2. The summed E-state index contributed by atoms with van der Waals surface area (Å²) in [5.74, 6) is -1.35. The molecule has 4 N–H and O–H groups in total. The molecule has 4 rings (SSSR count). The monoisotopic (exact) mass is 721 g/mol. The number of para-hydroxylation sites is 1. The van der Waals surface area contributed by atoms with Crippen molar-refractivity contribution in [3.63, 3.8) is 0 Å². The molecule has 0 bridgehead atoms. The first-order valence-corrected chi connectivity index (χ1v) is 19.6. The predicted molar refractivity (Wildman–Crippen MR) is 203 cm³/mol. The van der Waals surface area contributed by atoms with Crippen molar-refractivity contribution in [1.82, 2.24) is 10.6 Å². The number of rotatable bonds is 19. The highest BCUT2D eigenvalue weighted by atomic mass is 32.2. The maximum absolute atomic E-state index is 13.6. The first kappa shape index (κ1) is 39.1. The van der Waals surface area contributed by atoms with Crippen LogP contribution in [0.3, 0.4) is 0 Å². The number of ether oxygens (including phenoxy) is 1. The number of thioether (sulfide) groups is 2. The van der Waals surface area contributed by atoms with Crippen LogP contribution >= 0.6 is 23.5 Å². The van der Waals surface area contributed by atoms with E-state index in [0.717, 1.165) is 66.2 Å². The number of carbonyl (C=O) groups is 3. The number of anilines is 2. The van der Waals surface area contributed by atoms with Crippen molar-refractivity contribution in [3.05, 3.63) is 72.3 Å². The number of carboxylic acids is 1. The van der Waals surface area contributed by atoms with E-state index in [9.17, 15) is 24.6 Å². The fourth-order valence-electron chi connectivity index (χ4n) is 6.28. The van der Waals surface area contributed by atoms with E-state index >= 15 is 0 Å². The SMILES string of the molecule is CCCCC1(CCCC)CN(c2ccccc2)c2cc(SC)c(OCC(=O)NC(C(=O)C(C)NC(CC)C(=O)O)c3ccc(O)cc3)cc2S1. The maximum Gasteiger partial charge on any atom is 0.320 e. The van der Waals surface area contributed by atoms with Crippen molar-refractivity contribution in [3.8, 4) is 11.5 Å². The lowest BCUT2D eigenvalue weighted by molar-refractivity contribution is -0.140. The van der Waals surface area contributed by atoms with Crippen LogP contribution < -0.4 is 20.3 Å². The van der Waals surface area contributed by atoms with Crippen LogP contribution in [0, 0.1) is 0 Å². The molecule has 0 saturated heterocycles. The third kappa shape index (κ3) is 9.98. The maximum atomic E-state index is 13.6. The van der Waals surface area contributed by atoms with Crippen LogP contribution in [0.15, 0.2) is 76.5 Å². The molecule has 3 aromatic rings. The van der Waals surface area contributed by atoms with Gasteiger partial charge >= 0.3 is 5.97 Å². The van der Waals surface area contributed by atoms with Gasteiger partial charge in [0.05, 0.1) is 16.6 Å². The molecule has 9 nitrogen and oxygen atoms in total. The summed E-state index contributed by atoms with van der Waals surface area (Å²) in [5, 5.41) is 25.0. The first-order valence-electron chi connectivity index (χ1n) is 17.5. The Bertz CT molecular complexity index is 1580. The van der Waals surface area contributed by atoms with Gasteiger partial charge in [0.25, 0.3) is 5.91 Å². The Kier molecular flexibility index (Phi) is 14.5. The van der Waals surface area contributed by atoms with E-state index in [1.54, 1.807) is 37.7 Å². The molecule has 0 spiro atoms. The van der Waals surface area contributed by atoms with Gasteiger partial charge in [-0.05, 0) is 74.4 Å². The Morgan fingerprint density at radius 1 is 1.00 bits per heavy atom. The third-order valence-electron chi connectivity index (χ3n) is 9.11. The summed E-state index contributed by atoms with van der Waals surface area (Å²) in [6, 6.07) is 17.8. The van der Waals surface area contributed by atoms with Crippen molar-refractivity contribution < 1.29 is 29.3 Å². The highest BCUT2D eigenvalue weighted by molar-refractivity contribution is 8.01. The molecular weight excluding hydrogens is 671 g/mol. The lowest BCUT2D eigenvalue weighted by atomic mass is 9.93. The van der Waals surface area contributed by atoms with Gasteiger partial charge in [0, 0.05) is 21.9 Å². The van der Waals surface area contributed by atoms with Crippen LogP contribution in [-0.2, 0) is 14.4 Å². The van der Waals surface area contributed by atoms with Gasteiger partial charge in [-0.1, -0.05) is 76.8 Å². The van der Waals surface area contributed by atoms with Gasteiger partial charge in [-0.3, -0.25) is 19.7 Å². The Balaban J connectivity index is 1.61. The smallest absolute Gasteiger partial charge is 0.320 e. The lowest BCUT2D eigenvalue weighted by Crippen LogP contribution is -2.49. The molecule has 0 aliphatic carbocycles. The van der Waals surface area contributed by atoms with E-state index in [2.05, 4.69) is 65.8 Å². The number of aromatic hydroxyl groups is 1. The van der Waals surface area contributed by atoms with Crippen molar-refractivity contribution in [2.45, 2.75) is 105 Å². The Morgan fingerprint density at radius 2 is 1.66 bits per heavy atom. The number of unbranched alkanes of at least 4 members (excludes halogenated alkanes) is 2. The van der Waals surface area contributed by atoms with Crippen LogP contribution in [0.2, 0.25) is 0 Å².